The zero-order valence-electron chi connectivity index (χ0n) is 17.9. The molecule has 33 heavy (non-hydrogen) atoms. The van der Waals surface area contributed by atoms with E-state index in [4.69, 9.17) is 22.8 Å². The molecule has 0 radical (unpaired) electrons. The van der Waals surface area contributed by atoms with Crippen molar-refractivity contribution in [1.29, 1.82) is 0 Å². The van der Waals surface area contributed by atoms with Gasteiger partial charge in [0.05, 0.1) is 16.6 Å². The van der Waals surface area contributed by atoms with Crippen LogP contribution in [0.2, 0.25) is 5.02 Å². The van der Waals surface area contributed by atoms with Crippen LogP contribution in [0.4, 0.5) is 0 Å². The molecule has 4 nitrogen and oxygen atoms in total. The van der Waals surface area contributed by atoms with Gasteiger partial charge in [-0.1, -0.05) is 41.8 Å². The van der Waals surface area contributed by atoms with Crippen LogP contribution < -0.4 is 4.74 Å². The van der Waals surface area contributed by atoms with Crippen LogP contribution in [0.3, 0.4) is 0 Å². The number of fused-ring (bicyclic) bond motifs is 2. The molecule has 1 heterocycles. The molecule has 0 atom stereocenters. The van der Waals surface area contributed by atoms with Crippen molar-refractivity contribution >= 4 is 28.5 Å². The molecule has 0 unspecified atom stereocenters. The Balaban J connectivity index is 0.000000324. The molecule has 0 bridgehead atoms. The molecule has 2 aromatic carbocycles. The number of hydrogen-bond donors (Lipinski definition) is 1. The Morgan fingerprint density at radius 3 is 2.24 bits per heavy atom. The van der Waals surface area contributed by atoms with Gasteiger partial charge >= 0.3 is 5.97 Å². The van der Waals surface area contributed by atoms with Crippen molar-refractivity contribution in [3.05, 3.63) is 83.0 Å². The van der Waals surface area contributed by atoms with Crippen LogP contribution in [-0.2, 0) is 0 Å². The van der Waals surface area contributed by atoms with Gasteiger partial charge in [0.1, 0.15) is 5.75 Å². The van der Waals surface area contributed by atoms with E-state index in [9.17, 15) is 9.90 Å². The van der Waals surface area contributed by atoms with Gasteiger partial charge in [-0.2, -0.15) is 0 Å². The van der Waals surface area contributed by atoms with Gasteiger partial charge in [-0.05, 0) is 79.3 Å². The van der Waals surface area contributed by atoms with E-state index in [1.165, 1.54) is 24.0 Å². The number of aromatic nitrogens is 1. The highest BCUT2D eigenvalue weighted by molar-refractivity contribution is 6.39. The number of carbonyl (C=O) groups is 1. The van der Waals surface area contributed by atoms with Crippen LogP contribution in [0.25, 0.3) is 27.7 Å². The Kier molecular flexibility index (Phi) is 5.58. The standard InChI is InChI=1S/C22H18ClNO3.C6H4/c1-2-14-6-5-9-18-19(14)20(23)21(22(25)26)24(18)15-10-12-17(13-11-15)27-16-7-3-4-8-16;1-2-5-4-6(5)3-1/h1,5-6,9-13,16H,3-4,7-8H2,(H,25,26);1-4H. The predicted octanol–water partition coefficient (Wildman–Crippen LogP) is 6.95. The summed E-state index contributed by atoms with van der Waals surface area (Å²) in [6, 6.07) is 21.3. The zero-order valence-corrected chi connectivity index (χ0v) is 18.7. The van der Waals surface area contributed by atoms with E-state index in [1.807, 2.05) is 30.3 Å². The normalized spacial score (nSPS) is 13.8. The second-order valence-corrected chi connectivity index (χ2v) is 8.62. The maximum Gasteiger partial charge on any atom is 0.354 e. The van der Waals surface area contributed by atoms with Gasteiger partial charge in [0.15, 0.2) is 5.69 Å². The largest absolute Gasteiger partial charge is 0.490 e. The van der Waals surface area contributed by atoms with Gasteiger partial charge in [0.2, 0.25) is 0 Å². The summed E-state index contributed by atoms with van der Waals surface area (Å²) in [6.07, 6.45) is 10.4. The molecule has 0 amide bonds. The molecule has 1 fully saturated rings. The van der Waals surface area contributed by atoms with Crippen LogP contribution in [-0.4, -0.2) is 21.7 Å². The lowest BCUT2D eigenvalue weighted by atomic mass is 10.1. The fraction of sp³-hybridized carbons (Fsp3) is 0.179. The first-order chi connectivity index (χ1) is 16.1. The SMILES string of the molecule is C#Cc1cccc2c1c(Cl)c(C(=O)O)n2-c1ccc(OC2CCCC2)cc1.c1cc2cc-2c1. The van der Waals surface area contributed by atoms with Crippen LogP contribution in [0, 0.1) is 12.3 Å². The van der Waals surface area contributed by atoms with Gasteiger partial charge in [-0.3, -0.25) is 0 Å². The number of halogens is 1. The fourth-order valence-electron chi connectivity index (χ4n) is 4.42. The van der Waals surface area contributed by atoms with Gasteiger partial charge in [-0.25, -0.2) is 4.79 Å². The van der Waals surface area contributed by atoms with E-state index in [1.54, 1.807) is 16.7 Å². The monoisotopic (exact) mass is 455 g/mol. The summed E-state index contributed by atoms with van der Waals surface area (Å²) < 4.78 is 7.62. The number of ether oxygens (including phenoxy) is 1. The number of carboxylic acid groups (broad SMARTS) is 1. The topological polar surface area (TPSA) is 51.5 Å². The predicted molar refractivity (Wildman–Crippen MR) is 131 cm³/mol. The Bertz CT molecular complexity index is 1370. The first-order valence-electron chi connectivity index (χ1n) is 11.0. The summed E-state index contributed by atoms with van der Waals surface area (Å²) in [5.74, 6) is 2.26. The van der Waals surface area contributed by atoms with Gasteiger partial charge in [0.25, 0.3) is 0 Å². The molecule has 164 valence electrons. The highest BCUT2D eigenvalue weighted by atomic mass is 35.5. The third-order valence-electron chi connectivity index (χ3n) is 6.10. The summed E-state index contributed by atoms with van der Waals surface area (Å²) in [6.45, 7) is 0. The van der Waals surface area contributed by atoms with E-state index in [0.29, 0.717) is 22.2 Å². The average Bonchev–Trinajstić information content (AvgIpc) is 3.18. The highest BCUT2D eigenvalue weighted by Crippen LogP contribution is 2.36. The van der Waals surface area contributed by atoms with E-state index in [-0.39, 0.29) is 16.8 Å². The van der Waals surface area contributed by atoms with Crippen molar-refractivity contribution in [2.45, 2.75) is 31.8 Å². The smallest absolute Gasteiger partial charge is 0.354 e. The molecule has 1 aromatic heterocycles. The molecule has 1 N–H and O–H groups in total. The number of terminal acetylenes is 1. The van der Waals surface area contributed by atoms with E-state index >= 15 is 0 Å². The van der Waals surface area contributed by atoms with Crippen molar-refractivity contribution in [1.82, 2.24) is 4.57 Å². The van der Waals surface area contributed by atoms with Crippen molar-refractivity contribution in [3.8, 4) is 34.9 Å². The number of aromatic carboxylic acids is 1. The van der Waals surface area contributed by atoms with Crippen molar-refractivity contribution < 1.29 is 14.6 Å². The summed E-state index contributed by atoms with van der Waals surface area (Å²) in [5, 5.41) is 10.5. The highest BCUT2D eigenvalue weighted by Gasteiger charge is 2.24. The lowest BCUT2D eigenvalue weighted by Gasteiger charge is -2.14. The Labute approximate surface area is 197 Å². The molecule has 1 saturated carbocycles. The van der Waals surface area contributed by atoms with Crippen LogP contribution in [0.1, 0.15) is 41.7 Å². The molecule has 6 rings (SSSR count). The van der Waals surface area contributed by atoms with Crippen molar-refractivity contribution in [3.63, 3.8) is 0 Å². The number of hydrogen-bond acceptors (Lipinski definition) is 2. The molecule has 0 saturated heterocycles. The van der Waals surface area contributed by atoms with Crippen LogP contribution >= 0.6 is 11.6 Å². The molecule has 3 aliphatic carbocycles. The van der Waals surface area contributed by atoms with E-state index in [2.05, 4.69) is 30.2 Å². The Morgan fingerprint density at radius 2 is 1.70 bits per heavy atom. The first kappa shape index (κ1) is 21.2. The third-order valence-corrected chi connectivity index (χ3v) is 6.47. The molecular weight excluding hydrogens is 434 g/mol. The van der Waals surface area contributed by atoms with Crippen molar-refractivity contribution in [2.24, 2.45) is 0 Å². The van der Waals surface area contributed by atoms with Gasteiger partial charge < -0.3 is 14.4 Å². The molecule has 0 spiro atoms. The number of nitrogens with zero attached hydrogens (tertiary/aromatic N) is 1. The second-order valence-electron chi connectivity index (χ2n) is 8.25. The maximum atomic E-state index is 11.9. The van der Waals surface area contributed by atoms with E-state index in [0.717, 1.165) is 18.6 Å². The quantitative estimate of drug-likeness (QED) is 0.298. The minimum Gasteiger partial charge on any atom is -0.490 e. The maximum absolute atomic E-state index is 11.9. The molecule has 0 aliphatic heterocycles. The Hall–Kier alpha value is -3.68. The van der Waals surface area contributed by atoms with E-state index < -0.39 is 5.97 Å². The first-order valence-corrected chi connectivity index (χ1v) is 11.3. The van der Waals surface area contributed by atoms with Gasteiger partial charge in [0, 0.05) is 16.6 Å². The summed E-state index contributed by atoms with van der Waals surface area (Å²) in [5.41, 5.74) is 4.78. The summed E-state index contributed by atoms with van der Waals surface area (Å²) in [4.78, 5) is 11.9. The summed E-state index contributed by atoms with van der Waals surface area (Å²) >= 11 is 6.41. The Morgan fingerprint density at radius 1 is 1.03 bits per heavy atom. The van der Waals surface area contributed by atoms with Crippen LogP contribution in [0.5, 0.6) is 5.75 Å². The number of benzene rings is 3. The number of carboxylic acids is 1. The molecule has 3 aliphatic rings. The fourth-order valence-corrected chi connectivity index (χ4v) is 4.78. The third kappa shape index (κ3) is 4.08. The minimum atomic E-state index is -1.11. The zero-order chi connectivity index (χ0) is 22.9. The molecule has 5 heteroatoms. The molecule has 3 aromatic rings. The lowest BCUT2D eigenvalue weighted by Crippen LogP contribution is -2.11. The average molecular weight is 456 g/mol. The van der Waals surface area contributed by atoms with Crippen molar-refractivity contribution in [2.75, 3.05) is 0 Å². The minimum absolute atomic E-state index is 0.00109. The lowest BCUT2D eigenvalue weighted by molar-refractivity contribution is 0.0689. The molecular formula is C28H22ClNO3. The van der Waals surface area contributed by atoms with Crippen LogP contribution in [0.15, 0.2) is 66.7 Å². The second kappa shape index (κ2) is 8.69. The summed E-state index contributed by atoms with van der Waals surface area (Å²) in [7, 11) is 0. The van der Waals surface area contributed by atoms with Gasteiger partial charge in [-0.15, -0.1) is 6.42 Å². The number of rotatable bonds is 4.